The normalized spacial score (nSPS) is 19.3. The fourth-order valence-electron chi connectivity index (χ4n) is 3.29. The molecule has 0 atom stereocenters. The van der Waals surface area contributed by atoms with Gasteiger partial charge < -0.3 is 10.6 Å². The molecule has 0 saturated heterocycles. The fraction of sp³-hybridized carbons (Fsp3) is 0.350. The van der Waals surface area contributed by atoms with Crippen molar-refractivity contribution < 1.29 is 18.4 Å². The average molecular weight is 373 g/mol. The van der Waals surface area contributed by atoms with E-state index < -0.39 is 23.2 Å². The van der Waals surface area contributed by atoms with Gasteiger partial charge in [0.1, 0.15) is 17.3 Å². The number of amides is 2. The molecular weight excluding hydrogens is 352 g/mol. The molecule has 142 valence electrons. The maximum Gasteiger partial charge on any atom is 0.227 e. The van der Waals surface area contributed by atoms with Crippen LogP contribution in [-0.4, -0.2) is 16.8 Å². The van der Waals surface area contributed by atoms with Crippen molar-refractivity contribution in [2.24, 2.45) is 11.8 Å². The lowest BCUT2D eigenvalue weighted by Crippen LogP contribution is -2.35. The van der Waals surface area contributed by atoms with Crippen molar-refractivity contribution in [3.63, 3.8) is 0 Å². The number of halogens is 2. The van der Waals surface area contributed by atoms with Crippen LogP contribution in [0.2, 0.25) is 0 Å². The van der Waals surface area contributed by atoms with Crippen LogP contribution < -0.4 is 10.6 Å². The van der Waals surface area contributed by atoms with Crippen LogP contribution in [0.15, 0.2) is 42.7 Å². The number of anilines is 1. The van der Waals surface area contributed by atoms with Crippen LogP contribution in [-0.2, 0) is 16.1 Å². The summed E-state index contributed by atoms with van der Waals surface area (Å²) in [4.78, 5) is 28.5. The lowest BCUT2D eigenvalue weighted by Gasteiger charge is -2.27. The number of hydrogen-bond acceptors (Lipinski definition) is 3. The first kappa shape index (κ1) is 18.9. The highest BCUT2D eigenvalue weighted by Gasteiger charge is 2.30. The van der Waals surface area contributed by atoms with E-state index in [9.17, 15) is 18.4 Å². The van der Waals surface area contributed by atoms with Gasteiger partial charge in [-0.15, -0.1) is 0 Å². The molecule has 0 aliphatic heterocycles. The molecule has 1 aromatic carbocycles. The van der Waals surface area contributed by atoms with Crippen LogP contribution in [0.4, 0.5) is 14.5 Å². The van der Waals surface area contributed by atoms with Gasteiger partial charge in [-0.3, -0.25) is 14.6 Å². The molecule has 27 heavy (non-hydrogen) atoms. The highest BCUT2D eigenvalue weighted by molar-refractivity contribution is 5.93. The summed E-state index contributed by atoms with van der Waals surface area (Å²) in [6.45, 7) is 0.439. The minimum atomic E-state index is -0.799. The summed E-state index contributed by atoms with van der Waals surface area (Å²) in [5.41, 5.74) is 0.554. The van der Waals surface area contributed by atoms with Crippen molar-refractivity contribution in [1.82, 2.24) is 10.3 Å². The zero-order valence-electron chi connectivity index (χ0n) is 14.8. The van der Waals surface area contributed by atoms with Gasteiger partial charge in [0.05, 0.1) is 0 Å². The van der Waals surface area contributed by atoms with Crippen molar-refractivity contribution in [2.45, 2.75) is 32.2 Å². The molecule has 0 bridgehead atoms. The Morgan fingerprint density at radius 3 is 2.07 bits per heavy atom. The molecule has 7 heteroatoms. The van der Waals surface area contributed by atoms with E-state index in [1.165, 1.54) is 6.07 Å². The maximum atomic E-state index is 13.7. The van der Waals surface area contributed by atoms with Crippen molar-refractivity contribution in [2.75, 3.05) is 5.32 Å². The summed E-state index contributed by atoms with van der Waals surface area (Å²) in [7, 11) is 0. The number of rotatable bonds is 5. The third kappa shape index (κ3) is 4.87. The van der Waals surface area contributed by atoms with Crippen LogP contribution in [0, 0.1) is 23.5 Å². The molecule has 1 fully saturated rings. The number of benzene rings is 1. The Hall–Kier alpha value is -2.83. The smallest absolute Gasteiger partial charge is 0.227 e. The lowest BCUT2D eigenvalue weighted by molar-refractivity contribution is -0.128. The fourth-order valence-corrected chi connectivity index (χ4v) is 3.29. The third-order valence-electron chi connectivity index (χ3n) is 4.90. The van der Waals surface area contributed by atoms with E-state index in [0.29, 0.717) is 32.2 Å². The molecule has 5 nitrogen and oxygen atoms in total. The second-order valence-corrected chi connectivity index (χ2v) is 6.71. The summed E-state index contributed by atoms with van der Waals surface area (Å²) in [6, 6.07) is 7.12. The Balaban J connectivity index is 1.48. The Bertz CT molecular complexity index is 786. The zero-order valence-corrected chi connectivity index (χ0v) is 14.8. The van der Waals surface area contributed by atoms with Gasteiger partial charge in [-0.05, 0) is 55.5 Å². The van der Waals surface area contributed by atoms with Gasteiger partial charge >= 0.3 is 0 Å². The van der Waals surface area contributed by atoms with E-state index in [1.54, 1.807) is 12.4 Å². The molecule has 0 spiro atoms. The van der Waals surface area contributed by atoms with Gasteiger partial charge in [0.15, 0.2) is 0 Å². The number of hydrogen-bond donors (Lipinski definition) is 2. The Labute approximate surface area is 156 Å². The van der Waals surface area contributed by atoms with Crippen LogP contribution in [0.3, 0.4) is 0 Å². The molecular formula is C20H21F2N3O2. The first-order valence-electron chi connectivity index (χ1n) is 8.96. The van der Waals surface area contributed by atoms with Crippen LogP contribution in [0.25, 0.3) is 0 Å². The SMILES string of the molecule is O=C(NCc1ccncc1)C1CCC(C(=O)Nc2c(F)cccc2F)CC1. The van der Waals surface area contributed by atoms with E-state index in [4.69, 9.17) is 0 Å². The summed E-state index contributed by atoms with van der Waals surface area (Å²) in [6.07, 6.45) is 5.50. The predicted molar refractivity (Wildman–Crippen MR) is 96.5 cm³/mol. The number of carbonyl (C=O) groups is 2. The molecule has 1 saturated carbocycles. The van der Waals surface area contributed by atoms with Gasteiger partial charge in [-0.1, -0.05) is 6.07 Å². The number of pyridine rings is 1. The second-order valence-electron chi connectivity index (χ2n) is 6.71. The van der Waals surface area contributed by atoms with Gasteiger partial charge in [0.25, 0.3) is 0 Å². The second kappa shape index (κ2) is 8.70. The highest BCUT2D eigenvalue weighted by atomic mass is 19.1. The topological polar surface area (TPSA) is 71.1 Å². The molecule has 2 aromatic rings. The average Bonchev–Trinajstić information content (AvgIpc) is 2.70. The molecule has 2 amide bonds. The Kier molecular flexibility index (Phi) is 6.11. The van der Waals surface area contributed by atoms with E-state index in [1.807, 2.05) is 12.1 Å². The minimum Gasteiger partial charge on any atom is -0.352 e. The quantitative estimate of drug-likeness (QED) is 0.844. The zero-order chi connectivity index (χ0) is 19.2. The predicted octanol–water partition coefficient (Wildman–Crippen LogP) is 3.42. The van der Waals surface area contributed by atoms with Crippen molar-refractivity contribution in [3.05, 3.63) is 59.9 Å². The van der Waals surface area contributed by atoms with E-state index in [-0.39, 0.29) is 17.7 Å². The molecule has 0 unspecified atom stereocenters. The Morgan fingerprint density at radius 1 is 0.926 bits per heavy atom. The first-order chi connectivity index (χ1) is 13.0. The van der Waals surface area contributed by atoms with Gasteiger partial charge in [0, 0.05) is 30.8 Å². The summed E-state index contributed by atoms with van der Waals surface area (Å²) in [5.74, 6) is -2.55. The van der Waals surface area contributed by atoms with E-state index in [0.717, 1.165) is 17.7 Å². The number of para-hydroxylation sites is 1. The van der Waals surface area contributed by atoms with Crippen molar-refractivity contribution in [3.8, 4) is 0 Å². The Morgan fingerprint density at radius 2 is 1.48 bits per heavy atom. The molecule has 3 rings (SSSR count). The monoisotopic (exact) mass is 373 g/mol. The summed E-state index contributed by atoms with van der Waals surface area (Å²) in [5, 5.41) is 5.24. The van der Waals surface area contributed by atoms with Gasteiger partial charge in [-0.25, -0.2) is 8.78 Å². The number of nitrogens with zero attached hydrogens (tertiary/aromatic N) is 1. The van der Waals surface area contributed by atoms with Crippen LogP contribution in [0.1, 0.15) is 31.2 Å². The van der Waals surface area contributed by atoms with Crippen LogP contribution >= 0.6 is 0 Å². The third-order valence-corrected chi connectivity index (χ3v) is 4.90. The van der Waals surface area contributed by atoms with Crippen LogP contribution in [0.5, 0.6) is 0 Å². The number of carbonyl (C=O) groups excluding carboxylic acids is 2. The van der Waals surface area contributed by atoms with Gasteiger partial charge in [0.2, 0.25) is 11.8 Å². The van der Waals surface area contributed by atoms with E-state index >= 15 is 0 Å². The maximum absolute atomic E-state index is 13.7. The van der Waals surface area contributed by atoms with Crippen molar-refractivity contribution >= 4 is 17.5 Å². The molecule has 1 aliphatic rings. The number of nitrogens with one attached hydrogen (secondary N) is 2. The largest absolute Gasteiger partial charge is 0.352 e. The van der Waals surface area contributed by atoms with E-state index in [2.05, 4.69) is 15.6 Å². The molecule has 1 aromatic heterocycles. The standard InChI is InChI=1S/C20H21F2N3O2/c21-16-2-1-3-17(22)18(16)25-20(27)15-6-4-14(5-7-15)19(26)24-12-13-8-10-23-11-9-13/h1-3,8-11,14-15H,4-7,12H2,(H,24,26)(H,25,27). The molecule has 1 aliphatic carbocycles. The molecule has 0 radical (unpaired) electrons. The highest BCUT2D eigenvalue weighted by Crippen LogP contribution is 2.30. The van der Waals surface area contributed by atoms with Crippen molar-refractivity contribution in [1.29, 1.82) is 0 Å². The summed E-state index contributed by atoms with van der Waals surface area (Å²) >= 11 is 0. The number of aromatic nitrogens is 1. The minimum absolute atomic E-state index is 0.0363. The summed E-state index contributed by atoms with van der Waals surface area (Å²) < 4.78 is 27.3. The molecule has 1 heterocycles. The van der Waals surface area contributed by atoms with Gasteiger partial charge in [-0.2, -0.15) is 0 Å². The first-order valence-corrected chi connectivity index (χ1v) is 8.96. The lowest BCUT2D eigenvalue weighted by atomic mass is 9.81. The molecule has 2 N–H and O–H groups in total.